The first kappa shape index (κ1) is 13.4. The quantitative estimate of drug-likeness (QED) is 0.600. The van der Waals surface area contributed by atoms with Crippen LogP contribution in [0.5, 0.6) is 0 Å². The van der Waals surface area contributed by atoms with Crippen LogP contribution in [0.3, 0.4) is 0 Å². The standard InChI is InChI=1S/C8H18N4O3S/c1-10-3-2-8(13)11-4-6-12(7-5-11)16(9,14)15/h10H,2-7H2,1H3,(H2,9,14,15). The molecule has 1 amide bonds. The predicted octanol–water partition coefficient (Wildman–Crippen LogP) is -2.06. The van der Waals surface area contributed by atoms with Crippen LogP contribution in [0.2, 0.25) is 0 Å². The van der Waals surface area contributed by atoms with Crippen molar-refractivity contribution >= 4 is 16.1 Å². The number of hydrogen-bond donors (Lipinski definition) is 2. The summed E-state index contributed by atoms with van der Waals surface area (Å²) in [7, 11) is -1.82. The van der Waals surface area contributed by atoms with Gasteiger partial charge in [0.05, 0.1) is 0 Å². The minimum Gasteiger partial charge on any atom is -0.340 e. The van der Waals surface area contributed by atoms with Crippen LogP contribution in [0.1, 0.15) is 6.42 Å². The fourth-order valence-corrected chi connectivity index (χ4v) is 2.25. The number of piperazine rings is 1. The summed E-state index contributed by atoms with van der Waals surface area (Å²) in [5.41, 5.74) is 0. The van der Waals surface area contributed by atoms with Crippen LogP contribution in [0.25, 0.3) is 0 Å². The van der Waals surface area contributed by atoms with Crippen molar-refractivity contribution in [2.45, 2.75) is 6.42 Å². The van der Waals surface area contributed by atoms with Gasteiger partial charge in [0.15, 0.2) is 0 Å². The van der Waals surface area contributed by atoms with Gasteiger partial charge in [0, 0.05) is 39.1 Å². The van der Waals surface area contributed by atoms with Crippen molar-refractivity contribution in [2.24, 2.45) is 5.14 Å². The molecule has 1 aliphatic rings. The van der Waals surface area contributed by atoms with Gasteiger partial charge in [0.25, 0.3) is 10.2 Å². The first-order valence-electron chi connectivity index (χ1n) is 5.15. The molecule has 0 spiro atoms. The Morgan fingerprint density at radius 1 is 1.31 bits per heavy atom. The lowest BCUT2D eigenvalue weighted by Gasteiger charge is -2.32. The van der Waals surface area contributed by atoms with E-state index in [2.05, 4.69) is 5.32 Å². The molecular formula is C8H18N4O3S. The van der Waals surface area contributed by atoms with E-state index in [1.54, 1.807) is 11.9 Å². The number of nitrogens with two attached hydrogens (primary N) is 1. The summed E-state index contributed by atoms with van der Waals surface area (Å²) in [6.45, 7) is 2.03. The highest BCUT2D eigenvalue weighted by Crippen LogP contribution is 2.05. The minimum absolute atomic E-state index is 0.0448. The third kappa shape index (κ3) is 3.71. The van der Waals surface area contributed by atoms with Crippen LogP contribution in [0.15, 0.2) is 0 Å². The Morgan fingerprint density at radius 2 is 1.88 bits per heavy atom. The fraction of sp³-hybridized carbons (Fsp3) is 0.875. The van der Waals surface area contributed by atoms with E-state index in [1.165, 1.54) is 4.31 Å². The van der Waals surface area contributed by atoms with Gasteiger partial charge in [-0.25, -0.2) is 5.14 Å². The molecule has 1 fully saturated rings. The molecule has 0 bridgehead atoms. The Kier molecular flexibility index (Phi) is 4.66. The highest BCUT2D eigenvalue weighted by Gasteiger charge is 2.25. The van der Waals surface area contributed by atoms with E-state index in [0.717, 1.165) is 0 Å². The highest BCUT2D eigenvalue weighted by atomic mass is 32.2. The second-order valence-corrected chi connectivity index (χ2v) is 5.22. The summed E-state index contributed by atoms with van der Waals surface area (Å²) in [6, 6.07) is 0. The number of amides is 1. The average molecular weight is 250 g/mol. The molecule has 0 radical (unpaired) electrons. The Balaban J connectivity index is 2.40. The van der Waals surface area contributed by atoms with Crippen LogP contribution in [0.4, 0.5) is 0 Å². The summed E-state index contributed by atoms with van der Waals surface area (Å²) in [5, 5.41) is 7.89. The van der Waals surface area contributed by atoms with E-state index in [9.17, 15) is 13.2 Å². The molecular weight excluding hydrogens is 232 g/mol. The predicted molar refractivity (Wildman–Crippen MR) is 59.8 cm³/mol. The van der Waals surface area contributed by atoms with Crippen LogP contribution in [-0.4, -0.2) is 63.3 Å². The number of hydrogen-bond acceptors (Lipinski definition) is 4. The van der Waals surface area contributed by atoms with Crippen molar-refractivity contribution < 1.29 is 13.2 Å². The molecule has 0 aromatic rings. The van der Waals surface area contributed by atoms with E-state index in [-0.39, 0.29) is 19.0 Å². The van der Waals surface area contributed by atoms with E-state index >= 15 is 0 Å². The van der Waals surface area contributed by atoms with E-state index in [4.69, 9.17) is 5.14 Å². The number of rotatable bonds is 4. The number of carbonyl (C=O) groups excluding carboxylic acids is 1. The molecule has 94 valence electrons. The first-order valence-corrected chi connectivity index (χ1v) is 6.65. The Hall–Kier alpha value is -0.700. The fourth-order valence-electron chi connectivity index (χ4n) is 1.58. The average Bonchev–Trinajstić information content (AvgIpc) is 2.25. The molecule has 1 aliphatic heterocycles. The number of nitrogens with zero attached hydrogens (tertiary/aromatic N) is 2. The summed E-state index contributed by atoms with van der Waals surface area (Å²) in [5.74, 6) is 0.0448. The minimum atomic E-state index is -3.61. The molecule has 7 nitrogen and oxygen atoms in total. The van der Waals surface area contributed by atoms with Gasteiger partial charge in [-0.2, -0.15) is 12.7 Å². The lowest BCUT2D eigenvalue weighted by Crippen LogP contribution is -2.52. The van der Waals surface area contributed by atoms with Gasteiger partial charge in [0.1, 0.15) is 0 Å². The zero-order valence-corrected chi connectivity index (χ0v) is 10.2. The molecule has 1 rings (SSSR count). The van der Waals surface area contributed by atoms with Gasteiger partial charge in [0.2, 0.25) is 5.91 Å². The van der Waals surface area contributed by atoms with E-state index in [0.29, 0.717) is 26.1 Å². The maximum atomic E-state index is 11.6. The van der Waals surface area contributed by atoms with E-state index < -0.39 is 10.2 Å². The van der Waals surface area contributed by atoms with E-state index in [1.807, 2.05) is 0 Å². The van der Waals surface area contributed by atoms with Crippen LogP contribution < -0.4 is 10.5 Å². The molecule has 0 atom stereocenters. The molecule has 0 aromatic carbocycles. The third-order valence-corrected chi connectivity index (χ3v) is 3.63. The van der Waals surface area contributed by atoms with Crippen molar-refractivity contribution in [3.63, 3.8) is 0 Å². The van der Waals surface area contributed by atoms with Crippen molar-refractivity contribution in [1.29, 1.82) is 0 Å². The number of nitrogens with one attached hydrogen (secondary N) is 1. The molecule has 0 aliphatic carbocycles. The van der Waals surface area contributed by atoms with Crippen LogP contribution >= 0.6 is 0 Å². The van der Waals surface area contributed by atoms with Crippen LogP contribution in [0, 0.1) is 0 Å². The second-order valence-electron chi connectivity index (χ2n) is 3.68. The second kappa shape index (κ2) is 5.58. The maximum Gasteiger partial charge on any atom is 0.277 e. The lowest BCUT2D eigenvalue weighted by atomic mass is 10.3. The Bertz CT molecular complexity index is 335. The van der Waals surface area contributed by atoms with Gasteiger partial charge < -0.3 is 10.2 Å². The molecule has 1 heterocycles. The van der Waals surface area contributed by atoms with Gasteiger partial charge in [-0.05, 0) is 7.05 Å². The molecule has 0 aromatic heterocycles. The summed E-state index contributed by atoms with van der Waals surface area (Å²) in [6.07, 6.45) is 0.436. The number of carbonyl (C=O) groups is 1. The molecule has 8 heteroatoms. The van der Waals surface area contributed by atoms with Crippen molar-refractivity contribution in [1.82, 2.24) is 14.5 Å². The summed E-state index contributed by atoms with van der Waals surface area (Å²) in [4.78, 5) is 13.3. The topological polar surface area (TPSA) is 95.7 Å². The smallest absolute Gasteiger partial charge is 0.277 e. The normalized spacial score (nSPS) is 18.8. The Labute approximate surface area is 95.8 Å². The largest absolute Gasteiger partial charge is 0.340 e. The molecule has 1 saturated heterocycles. The zero-order valence-electron chi connectivity index (χ0n) is 9.35. The SMILES string of the molecule is CNCCC(=O)N1CCN(S(N)(=O)=O)CC1. The molecule has 16 heavy (non-hydrogen) atoms. The Morgan fingerprint density at radius 3 is 2.31 bits per heavy atom. The van der Waals surface area contributed by atoms with Crippen LogP contribution in [-0.2, 0) is 15.0 Å². The van der Waals surface area contributed by atoms with Gasteiger partial charge in [-0.3, -0.25) is 4.79 Å². The molecule has 0 saturated carbocycles. The monoisotopic (exact) mass is 250 g/mol. The lowest BCUT2D eigenvalue weighted by molar-refractivity contribution is -0.132. The maximum absolute atomic E-state index is 11.6. The summed E-state index contributed by atoms with van der Waals surface area (Å²) < 4.78 is 23.2. The van der Waals surface area contributed by atoms with Gasteiger partial charge >= 0.3 is 0 Å². The van der Waals surface area contributed by atoms with Gasteiger partial charge in [-0.15, -0.1) is 0 Å². The van der Waals surface area contributed by atoms with Crippen molar-refractivity contribution in [3.8, 4) is 0 Å². The summed E-state index contributed by atoms with van der Waals surface area (Å²) >= 11 is 0. The third-order valence-electron chi connectivity index (χ3n) is 2.54. The molecule has 3 N–H and O–H groups in total. The van der Waals surface area contributed by atoms with Crippen molar-refractivity contribution in [2.75, 3.05) is 39.8 Å². The first-order chi connectivity index (χ1) is 7.45. The zero-order chi connectivity index (χ0) is 12.2. The highest BCUT2D eigenvalue weighted by molar-refractivity contribution is 7.86. The van der Waals surface area contributed by atoms with Crippen molar-refractivity contribution in [3.05, 3.63) is 0 Å². The molecule has 0 unspecified atom stereocenters. The van der Waals surface area contributed by atoms with Gasteiger partial charge in [-0.1, -0.05) is 0 Å².